The lowest BCUT2D eigenvalue weighted by Crippen LogP contribution is -1.68. The minimum absolute atomic E-state index is 0.498. The predicted molar refractivity (Wildman–Crippen MR) is 42.3 cm³/mol. The van der Waals surface area contributed by atoms with Crippen LogP contribution in [0.2, 0.25) is 0 Å². The van der Waals surface area contributed by atoms with Gasteiger partial charge in [-0.3, -0.25) is 0 Å². The van der Waals surface area contributed by atoms with E-state index in [1.165, 1.54) is 0 Å². The molecule has 0 spiro atoms. The van der Waals surface area contributed by atoms with Crippen LogP contribution in [0.25, 0.3) is 4.85 Å². The molecule has 0 aliphatic heterocycles. The summed E-state index contributed by atoms with van der Waals surface area (Å²) in [5.74, 6) is 0. The highest BCUT2D eigenvalue weighted by atomic mass is 79.9. The Morgan fingerprint density at radius 2 is 2.56 bits per heavy atom. The molecule has 1 rings (SSSR count). The molecule has 0 atom stereocenters. The normalized spacial score (nSPS) is 8.89. The van der Waals surface area contributed by atoms with Gasteiger partial charge in [0.05, 0.1) is 4.88 Å². The highest BCUT2D eigenvalue weighted by molar-refractivity contribution is 9.10. The van der Waals surface area contributed by atoms with Crippen LogP contribution in [0.1, 0.15) is 4.88 Å². The number of nitrogens with zero attached hydrogens (tertiary/aromatic N) is 1. The molecule has 46 valence electrons. The van der Waals surface area contributed by atoms with Gasteiger partial charge in [-0.1, -0.05) is 0 Å². The van der Waals surface area contributed by atoms with Gasteiger partial charge in [0.25, 0.3) is 0 Å². The predicted octanol–water partition coefficient (Wildman–Crippen LogP) is 2.93. The molecule has 1 aromatic heterocycles. The van der Waals surface area contributed by atoms with Gasteiger partial charge in [0, 0.05) is 4.47 Å². The van der Waals surface area contributed by atoms with Crippen LogP contribution in [0.5, 0.6) is 0 Å². The van der Waals surface area contributed by atoms with Crippen molar-refractivity contribution >= 4 is 27.3 Å². The Hall–Kier alpha value is -0.330. The van der Waals surface area contributed by atoms with Crippen LogP contribution in [-0.4, -0.2) is 0 Å². The number of rotatable bonds is 1. The first-order chi connectivity index (χ1) is 4.34. The lowest BCUT2D eigenvalue weighted by molar-refractivity contribution is 1.32. The summed E-state index contributed by atoms with van der Waals surface area (Å²) in [6.45, 7) is 7.08. The second kappa shape index (κ2) is 3.00. The van der Waals surface area contributed by atoms with Crippen molar-refractivity contribution in [2.45, 2.75) is 6.54 Å². The van der Waals surface area contributed by atoms with Crippen LogP contribution >= 0.6 is 27.3 Å². The lowest BCUT2D eigenvalue weighted by atomic mass is 10.5. The number of halogens is 1. The molecule has 0 N–H and O–H groups in total. The third-order valence-electron chi connectivity index (χ3n) is 0.914. The molecule has 0 radical (unpaired) electrons. The molecule has 1 nitrogen and oxygen atoms in total. The molecule has 0 bridgehead atoms. The van der Waals surface area contributed by atoms with Crippen molar-refractivity contribution in [2.24, 2.45) is 0 Å². The van der Waals surface area contributed by atoms with Gasteiger partial charge in [-0.2, -0.15) is 0 Å². The zero-order valence-corrected chi connectivity index (χ0v) is 7.00. The summed E-state index contributed by atoms with van der Waals surface area (Å²) in [5, 5.41) is 1.98. The van der Waals surface area contributed by atoms with Gasteiger partial charge in [-0.15, -0.1) is 11.3 Å². The van der Waals surface area contributed by atoms with Crippen LogP contribution in [0.3, 0.4) is 0 Å². The fraction of sp³-hybridized carbons (Fsp3) is 0.167. The Morgan fingerprint density at radius 1 is 1.78 bits per heavy atom. The van der Waals surface area contributed by atoms with E-state index in [1.54, 1.807) is 11.3 Å². The molecule has 0 saturated carbocycles. The molecule has 0 aromatic carbocycles. The molecule has 1 aromatic rings. The molecule has 3 heteroatoms. The van der Waals surface area contributed by atoms with Gasteiger partial charge < -0.3 is 4.85 Å². The maximum atomic E-state index is 6.59. The quantitative estimate of drug-likeness (QED) is 0.616. The molecular weight excluding hydrogens is 198 g/mol. The van der Waals surface area contributed by atoms with Crippen molar-refractivity contribution in [3.8, 4) is 0 Å². The second-order valence-corrected chi connectivity index (χ2v) is 3.36. The molecule has 0 amide bonds. The Kier molecular flexibility index (Phi) is 2.26. The maximum Gasteiger partial charge on any atom is 0.249 e. The monoisotopic (exact) mass is 201 g/mol. The third-order valence-corrected chi connectivity index (χ3v) is 2.82. The minimum atomic E-state index is 0.498. The van der Waals surface area contributed by atoms with Gasteiger partial charge in [0.15, 0.2) is 0 Å². The zero-order chi connectivity index (χ0) is 6.69. The van der Waals surface area contributed by atoms with E-state index in [9.17, 15) is 0 Å². The van der Waals surface area contributed by atoms with Crippen molar-refractivity contribution in [1.29, 1.82) is 0 Å². The van der Waals surface area contributed by atoms with Crippen molar-refractivity contribution in [1.82, 2.24) is 0 Å². The summed E-state index contributed by atoms with van der Waals surface area (Å²) in [4.78, 5) is 4.39. The Morgan fingerprint density at radius 3 is 3.00 bits per heavy atom. The smallest absolute Gasteiger partial charge is 0.249 e. The summed E-state index contributed by atoms with van der Waals surface area (Å²) < 4.78 is 1.06. The third kappa shape index (κ3) is 1.54. The standard InChI is InChI=1S/C6H4BrNS/c1-8-4-6-5(7)2-3-9-6/h2-3H,4H2. The maximum absolute atomic E-state index is 6.59. The molecule has 9 heavy (non-hydrogen) atoms. The van der Waals surface area contributed by atoms with Crippen LogP contribution in [0.4, 0.5) is 0 Å². The zero-order valence-electron chi connectivity index (χ0n) is 4.60. The first kappa shape index (κ1) is 6.79. The van der Waals surface area contributed by atoms with Crippen molar-refractivity contribution in [2.75, 3.05) is 0 Å². The first-order valence-corrected chi connectivity index (χ1v) is 4.07. The Balaban J connectivity index is 2.84. The van der Waals surface area contributed by atoms with Crippen LogP contribution in [-0.2, 0) is 6.54 Å². The van der Waals surface area contributed by atoms with Crippen LogP contribution < -0.4 is 0 Å². The van der Waals surface area contributed by atoms with E-state index in [-0.39, 0.29) is 0 Å². The van der Waals surface area contributed by atoms with Gasteiger partial charge in [0.1, 0.15) is 0 Å². The fourth-order valence-corrected chi connectivity index (χ4v) is 1.91. The van der Waals surface area contributed by atoms with E-state index in [2.05, 4.69) is 20.8 Å². The topological polar surface area (TPSA) is 4.36 Å². The van der Waals surface area contributed by atoms with Crippen molar-refractivity contribution in [3.63, 3.8) is 0 Å². The average Bonchev–Trinajstić information content (AvgIpc) is 2.18. The van der Waals surface area contributed by atoms with Crippen LogP contribution in [0.15, 0.2) is 15.9 Å². The summed E-state index contributed by atoms with van der Waals surface area (Å²) in [5.41, 5.74) is 0. The molecule has 0 unspecified atom stereocenters. The first-order valence-electron chi connectivity index (χ1n) is 2.39. The Labute approximate surface area is 66.3 Å². The summed E-state index contributed by atoms with van der Waals surface area (Å²) in [6.07, 6.45) is 0. The molecule has 0 aliphatic carbocycles. The molecule has 0 saturated heterocycles. The summed E-state index contributed by atoms with van der Waals surface area (Å²) in [6, 6.07) is 1.96. The molecular formula is C6H4BrNS. The van der Waals surface area contributed by atoms with Crippen molar-refractivity contribution < 1.29 is 0 Å². The number of hydrogen-bond donors (Lipinski definition) is 0. The van der Waals surface area contributed by atoms with E-state index < -0.39 is 0 Å². The molecule has 0 aliphatic rings. The van der Waals surface area contributed by atoms with E-state index in [1.807, 2.05) is 11.4 Å². The van der Waals surface area contributed by atoms with Gasteiger partial charge in [-0.05, 0) is 27.4 Å². The summed E-state index contributed by atoms with van der Waals surface area (Å²) >= 11 is 4.95. The average molecular weight is 202 g/mol. The number of hydrogen-bond acceptors (Lipinski definition) is 1. The number of thiophene rings is 1. The largest absolute Gasteiger partial charge is 0.311 e. The second-order valence-electron chi connectivity index (χ2n) is 1.51. The highest BCUT2D eigenvalue weighted by Gasteiger charge is 2.00. The lowest BCUT2D eigenvalue weighted by Gasteiger charge is -1.81. The van der Waals surface area contributed by atoms with E-state index in [0.29, 0.717) is 6.54 Å². The van der Waals surface area contributed by atoms with Gasteiger partial charge in [0.2, 0.25) is 6.54 Å². The Bertz CT molecular complexity index is 235. The highest BCUT2D eigenvalue weighted by Crippen LogP contribution is 2.22. The summed E-state index contributed by atoms with van der Waals surface area (Å²) in [7, 11) is 0. The van der Waals surface area contributed by atoms with Crippen LogP contribution in [0, 0.1) is 6.57 Å². The fourth-order valence-electron chi connectivity index (χ4n) is 0.510. The van der Waals surface area contributed by atoms with E-state index in [0.717, 1.165) is 9.35 Å². The minimum Gasteiger partial charge on any atom is -0.311 e. The van der Waals surface area contributed by atoms with Gasteiger partial charge >= 0.3 is 0 Å². The molecule has 1 heterocycles. The van der Waals surface area contributed by atoms with E-state index in [4.69, 9.17) is 6.57 Å². The SMILES string of the molecule is [C-]#[N+]Cc1sccc1Br. The van der Waals surface area contributed by atoms with Crippen molar-refractivity contribution in [3.05, 3.63) is 32.2 Å². The van der Waals surface area contributed by atoms with E-state index >= 15 is 0 Å². The molecule has 0 fully saturated rings. The van der Waals surface area contributed by atoms with Gasteiger partial charge in [-0.25, -0.2) is 6.57 Å².